The summed E-state index contributed by atoms with van der Waals surface area (Å²) in [4.78, 5) is 14.6. The highest BCUT2D eigenvalue weighted by atomic mass is 16.4. The molecule has 1 heterocycles. The molecule has 0 fully saturated rings. The number of carbonyl (C=O) groups excluding carboxylic acids is 1. The Labute approximate surface area is 80.0 Å². The maximum Gasteiger partial charge on any atom is 0.0751 e. The van der Waals surface area contributed by atoms with Crippen LogP contribution in [0.1, 0.15) is 10.4 Å². The molecule has 0 amide bonds. The molecule has 2 rings (SSSR count). The van der Waals surface area contributed by atoms with Crippen LogP contribution >= 0.6 is 0 Å². The molecule has 1 aromatic carbocycles. The van der Waals surface area contributed by atoms with Crippen LogP contribution in [-0.4, -0.2) is 11.0 Å². The van der Waals surface area contributed by atoms with Crippen LogP contribution in [0.25, 0.3) is 10.9 Å². The number of aromatic carboxylic acids is 1. The Bertz CT molecular complexity index is 508. The number of carbonyl (C=O) groups is 1. The van der Waals surface area contributed by atoms with Crippen molar-refractivity contribution in [3.8, 4) is 0 Å². The Morgan fingerprint density at radius 3 is 2.79 bits per heavy atom. The Hall–Kier alpha value is -2.10. The number of anilines is 1. The van der Waals surface area contributed by atoms with Crippen molar-refractivity contribution in [3.05, 3.63) is 36.0 Å². The van der Waals surface area contributed by atoms with Crippen molar-refractivity contribution in [1.82, 2.24) is 4.98 Å². The first kappa shape index (κ1) is 8.50. The van der Waals surface area contributed by atoms with Crippen molar-refractivity contribution in [1.29, 1.82) is 0 Å². The summed E-state index contributed by atoms with van der Waals surface area (Å²) in [5, 5.41) is 11.3. The third-order valence-electron chi connectivity index (χ3n) is 2.04. The van der Waals surface area contributed by atoms with E-state index in [9.17, 15) is 9.90 Å². The lowest BCUT2D eigenvalue weighted by atomic mass is 10.1. The highest BCUT2D eigenvalue weighted by Gasteiger charge is 2.04. The largest absolute Gasteiger partial charge is 0.545 e. The van der Waals surface area contributed by atoms with Gasteiger partial charge in [-0.05, 0) is 6.07 Å². The summed E-state index contributed by atoms with van der Waals surface area (Å²) < 4.78 is 0. The lowest BCUT2D eigenvalue weighted by molar-refractivity contribution is -0.254. The molecule has 1 aromatic heterocycles. The third kappa shape index (κ3) is 1.17. The van der Waals surface area contributed by atoms with E-state index in [4.69, 9.17) is 5.73 Å². The summed E-state index contributed by atoms with van der Waals surface area (Å²) in [6.07, 6.45) is 1.22. The molecule has 0 saturated heterocycles. The van der Waals surface area contributed by atoms with Gasteiger partial charge in [-0.3, -0.25) is 4.98 Å². The van der Waals surface area contributed by atoms with Crippen molar-refractivity contribution in [3.63, 3.8) is 0 Å². The van der Waals surface area contributed by atoms with Gasteiger partial charge in [-0.15, -0.1) is 0 Å². The molecular formula is C10H7N2O2-. The quantitative estimate of drug-likeness (QED) is 0.690. The van der Waals surface area contributed by atoms with Gasteiger partial charge in [0.2, 0.25) is 0 Å². The second-order valence-corrected chi connectivity index (χ2v) is 2.89. The summed E-state index contributed by atoms with van der Waals surface area (Å²) in [5.41, 5.74) is 6.47. The van der Waals surface area contributed by atoms with Gasteiger partial charge in [0.1, 0.15) is 0 Å². The Morgan fingerprint density at radius 2 is 2.07 bits per heavy atom. The molecule has 14 heavy (non-hydrogen) atoms. The fourth-order valence-corrected chi connectivity index (χ4v) is 1.33. The van der Waals surface area contributed by atoms with Crippen molar-refractivity contribution in [2.45, 2.75) is 0 Å². The molecule has 0 radical (unpaired) electrons. The number of hydrogen-bond donors (Lipinski definition) is 1. The first-order chi connectivity index (χ1) is 6.70. The normalized spacial score (nSPS) is 10.3. The molecule has 2 aromatic rings. The summed E-state index contributed by atoms with van der Waals surface area (Å²) in [6, 6.07) is 7.09. The molecule has 0 saturated carbocycles. The summed E-state index contributed by atoms with van der Waals surface area (Å²) in [5.74, 6) is -1.30. The molecule has 0 aliphatic rings. The molecule has 0 aliphatic carbocycles. The van der Waals surface area contributed by atoms with Crippen LogP contribution in [0.2, 0.25) is 0 Å². The van der Waals surface area contributed by atoms with E-state index < -0.39 is 5.97 Å². The number of carboxylic acids is 1. The summed E-state index contributed by atoms with van der Waals surface area (Å²) >= 11 is 0. The number of para-hydroxylation sites is 1. The van der Waals surface area contributed by atoms with E-state index in [1.54, 1.807) is 18.2 Å². The smallest absolute Gasteiger partial charge is 0.0751 e. The van der Waals surface area contributed by atoms with E-state index >= 15 is 0 Å². The van der Waals surface area contributed by atoms with E-state index in [1.807, 2.05) is 6.07 Å². The van der Waals surface area contributed by atoms with Crippen LogP contribution in [0.5, 0.6) is 0 Å². The SMILES string of the molecule is Nc1c(C(=O)[O-])cnc2ccccc12. The zero-order valence-electron chi connectivity index (χ0n) is 7.23. The highest BCUT2D eigenvalue weighted by molar-refractivity contribution is 6.02. The molecule has 4 nitrogen and oxygen atoms in total. The minimum absolute atomic E-state index is 0.0660. The second kappa shape index (κ2) is 2.99. The number of hydrogen-bond acceptors (Lipinski definition) is 4. The van der Waals surface area contributed by atoms with Crippen LogP contribution in [0.15, 0.2) is 30.5 Å². The average Bonchev–Trinajstić information content (AvgIpc) is 2.18. The third-order valence-corrected chi connectivity index (χ3v) is 2.04. The van der Waals surface area contributed by atoms with Crippen LogP contribution in [0.3, 0.4) is 0 Å². The molecule has 4 heteroatoms. The van der Waals surface area contributed by atoms with Gasteiger partial charge in [0, 0.05) is 17.1 Å². The van der Waals surface area contributed by atoms with E-state index in [0.717, 1.165) is 0 Å². The van der Waals surface area contributed by atoms with Crippen molar-refractivity contribution < 1.29 is 9.90 Å². The Kier molecular flexibility index (Phi) is 1.81. The predicted octanol–water partition coefficient (Wildman–Crippen LogP) is 0.180. The molecular weight excluding hydrogens is 180 g/mol. The molecule has 0 unspecified atom stereocenters. The van der Waals surface area contributed by atoms with Crippen LogP contribution < -0.4 is 10.8 Å². The molecule has 0 bridgehead atoms. The maximum atomic E-state index is 10.6. The zero-order chi connectivity index (χ0) is 10.1. The van der Waals surface area contributed by atoms with Gasteiger partial charge in [0.25, 0.3) is 0 Å². The van der Waals surface area contributed by atoms with Crippen LogP contribution in [0, 0.1) is 0 Å². The molecule has 0 atom stereocenters. The Morgan fingerprint density at radius 1 is 1.36 bits per heavy atom. The van der Waals surface area contributed by atoms with E-state index in [-0.39, 0.29) is 11.3 Å². The van der Waals surface area contributed by atoms with Crippen molar-refractivity contribution in [2.75, 3.05) is 5.73 Å². The number of rotatable bonds is 1. The van der Waals surface area contributed by atoms with Gasteiger partial charge >= 0.3 is 0 Å². The van der Waals surface area contributed by atoms with Crippen LogP contribution in [0.4, 0.5) is 5.69 Å². The fraction of sp³-hybridized carbons (Fsp3) is 0. The van der Waals surface area contributed by atoms with Crippen LogP contribution in [-0.2, 0) is 0 Å². The fourth-order valence-electron chi connectivity index (χ4n) is 1.33. The van der Waals surface area contributed by atoms with Gasteiger partial charge in [0.15, 0.2) is 0 Å². The second-order valence-electron chi connectivity index (χ2n) is 2.89. The summed E-state index contributed by atoms with van der Waals surface area (Å²) in [6.45, 7) is 0. The molecule has 0 spiro atoms. The van der Waals surface area contributed by atoms with Crippen molar-refractivity contribution in [2.24, 2.45) is 0 Å². The highest BCUT2D eigenvalue weighted by Crippen LogP contribution is 2.21. The topological polar surface area (TPSA) is 79.0 Å². The minimum Gasteiger partial charge on any atom is -0.545 e. The number of nitrogens with zero attached hydrogens (tertiary/aromatic N) is 1. The van der Waals surface area contributed by atoms with E-state index in [2.05, 4.69) is 4.98 Å². The average molecular weight is 187 g/mol. The number of carboxylic acid groups (broad SMARTS) is 1. The number of benzene rings is 1. The van der Waals surface area contributed by atoms with Gasteiger partial charge in [-0.2, -0.15) is 0 Å². The van der Waals surface area contributed by atoms with Gasteiger partial charge < -0.3 is 15.6 Å². The Balaban J connectivity index is 2.81. The monoisotopic (exact) mass is 187 g/mol. The van der Waals surface area contributed by atoms with E-state index in [0.29, 0.717) is 10.9 Å². The first-order valence-electron chi connectivity index (χ1n) is 4.04. The lowest BCUT2D eigenvalue weighted by Gasteiger charge is -2.08. The van der Waals surface area contributed by atoms with Crippen molar-refractivity contribution >= 4 is 22.6 Å². The van der Waals surface area contributed by atoms with E-state index in [1.165, 1.54) is 6.20 Å². The van der Waals surface area contributed by atoms with Gasteiger partial charge in [-0.25, -0.2) is 0 Å². The number of fused-ring (bicyclic) bond motifs is 1. The standard InChI is InChI=1S/C10H8N2O2/c11-9-6-3-1-2-4-8(6)12-5-7(9)10(13)14/h1-5H,(H2,11,12)(H,13,14)/p-1. The molecule has 0 aliphatic heterocycles. The predicted molar refractivity (Wildman–Crippen MR) is 50.5 cm³/mol. The molecule has 70 valence electrons. The lowest BCUT2D eigenvalue weighted by Crippen LogP contribution is -2.23. The number of nitrogen functional groups attached to an aromatic ring is 1. The molecule has 2 N–H and O–H groups in total. The first-order valence-corrected chi connectivity index (χ1v) is 4.04. The minimum atomic E-state index is -1.30. The summed E-state index contributed by atoms with van der Waals surface area (Å²) in [7, 11) is 0. The number of aromatic nitrogens is 1. The maximum absolute atomic E-state index is 10.6. The number of nitrogens with two attached hydrogens (primary N) is 1. The van der Waals surface area contributed by atoms with Gasteiger partial charge in [-0.1, -0.05) is 18.2 Å². The number of pyridine rings is 1. The van der Waals surface area contributed by atoms with Gasteiger partial charge in [0.05, 0.1) is 17.2 Å². The zero-order valence-corrected chi connectivity index (χ0v) is 7.23.